The fourth-order valence-corrected chi connectivity index (χ4v) is 2.81. The van der Waals surface area contributed by atoms with Crippen molar-refractivity contribution in [2.24, 2.45) is 4.99 Å². The molecule has 2 rings (SSSR count). The van der Waals surface area contributed by atoms with Crippen LogP contribution in [0.15, 0.2) is 23.3 Å². The normalized spacial score (nSPS) is 18.7. The van der Waals surface area contributed by atoms with Crippen molar-refractivity contribution >= 4 is 5.96 Å². The summed E-state index contributed by atoms with van der Waals surface area (Å²) in [6.07, 6.45) is -6.83. The second-order valence-electron chi connectivity index (χ2n) is 6.58. The lowest BCUT2D eigenvalue weighted by atomic mass is 10.2. The maximum atomic E-state index is 12.5. The second-order valence-corrected chi connectivity index (χ2v) is 6.58. The fourth-order valence-electron chi connectivity index (χ4n) is 2.81. The van der Waals surface area contributed by atoms with Gasteiger partial charge in [0.2, 0.25) is 5.88 Å². The largest absolute Gasteiger partial charge is 0.468 e. The van der Waals surface area contributed by atoms with Gasteiger partial charge in [0.05, 0.1) is 13.1 Å². The van der Waals surface area contributed by atoms with Gasteiger partial charge in [0.25, 0.3) is 0 Å². The van der Waals surface area contributed by atoms with Gasteiger partial charge in [-0.3, -0.25) is 4.90 Å². The first-order chi connectivity index (χ1) is 13.5. The van der Waals surface area contributed by atoms with Crippen LogP contribution >= 0.6 is 0 Å². The van der Waals surface area contributed by atoms with Crippen molar-refractivity contribution in [3.63, 3.8) is 0 Å². The molecule has 1 aliphatic rings. The Balaban J connectivity index is 1.92. The van der Waals surface area contributed by atoms with Crippen LogP contribution in [0.2, 0.25) is 0 Å². The number of nitrogens with zero attached hydrogens (tertiary/aromatic N) is 3. The molecule has 29 heavy (non-hydrogen) atoms. The number of nitrogens with one attached hydrogen (secondary N) is 2. The first kappa shape index (κ1) is 23.0. The second kappa shape index (κ2) is 9.99. The number of rotatable bonds is 7. The summed E-state index contributed by atoms with van der Waals surface area (Å²) in [5.74, 6) is 0.257. The maximum absolute atomic E-state index is 12.5. The molecule has 0 radical (unpaired) electrons. The van der Waals surface area contributed by atoms with Crippen LogP contribution in [0.3, 0.4) is 0 Å². The van der Waals surface area contributed by atoms with Gasteiger partial charge in [-0.1, -0.05) is 0 Å². The number of pyridine rings is 1. The first-order valence-corrected chi connectivity index (χ1v) is 9.02. The number of hydrogen-bond acceptors (Lipinski definition) is 4. The predicted octanol–water partition coefficient (Wildman–Crippen LogP) is 2.71. The number of aromatic nitrogens is 1. The monoisotopic (exact) mass is 427 g/mol. The smallest absolute Gasteiger partial charge is 0.422 e. The van der Waals surface area contributed by atoms with Crippen LogP contribution in [-0.4, -0.2) is 67.0 Å². The summed E-state index contributed by atoms with van der Waals surface area (Å²) in [4.78, 5) is 9.40. The SMILES string of the molecule is CCNC(=NCc1ccnc(OCC(F)(F)F)c1)NC1CCN(CC(F)(F)F)C1. The zero-order valence-corrected chi connectivity index (χ0v) is 15.8. The third-order valence-electron chi connectivity index (χ3n) is 3.96. The summed E-state index contributed by atoms with van der Waals surface area (Å²) in [6.45, 7) is 0.719. The summed E-state index contributed by atoms with van der Waals surface area (Å²) in [5, 5.41) is 6.10. The van der Waals surface area contributed by atoms with E-state index in [1.54, 1.807) is 6.07 Å². The molecular weight excluding hydrogens is 404 g/mol. The van der Waals surface area contributed by atoms with E-state index >= 15 is 0 Å². The van der Waals surface area contributed by atoms with Crippen molar-refractivity contribution in [3.05, 3.63) is 23.9 Å². The Morgan fingerprint density at radius 3 is 2.69 bits per heavy atom. The molecule has 1 fully saturated rings. The molecule has 1 saturated heterocycles. The van der Waals surface area contributed by atoms with E-state index in [-0.39, 0.29) is 25.0 Å². The fraction of sp³-hybridized carbons (Fsp3) is 0.647. The van der Waals surface area contributed by atoms with Crippen molar-refractivity contribution in [1.29, 1.82) is 0 Å². The highest BCUT2D eigenvalue weighted by atomic mass is 19.4. The number of likely N-dealkylation sites (tertiary alicyclic amines) is 1. The van der Waals surface area contributed by atoms with E-state index in [1.807, 2.05) is 6.92 Å². The zero-order chi connectivity index (χ0) is 21.5. The minimum atomic E-state index is -4.46. The van der Waals surface area contributed by atoms with Gasteiger partial charge in [0.15, 0.2) is 12.6 Å². The molecule has 1 aromatic heterocycles. The van der Waals surface area contributed by atoms with Gasteiger partial charge < -0.3 is 15.4 Å². The van der Waals surface area contributed by atoms with Gasteiger partial charge in [-0.25, -0.2) is 9.98 Å². The molecule has 0 spiro atoms. The van der Waals surface area contributed by atoms with E-state index in [4.69, 9.17) is 0 Å². The molecular formula is C17H23F6N5O. The van der Waals surface area contributed by atoms with E-state index in [2.05, 4.69) is 25.3 Å². The van der Waals surface area contributed by atoms with Crippen molar-refractivity contribution in [1.82, 2.24) is 20.5 Å². The van der Waals surface area contributed by atoms with Crippen molar-refractivity contribution in [2.45, 2.75) is 38.3 Å². The summed E-state index contributed by atoms with van der Waals surface area (Å²) in [7, 11) is 0. The van der Waals surface area contributed by atoms with Crippen LogP contribution in [0.5, 0.6) is 5.88 Å². The van der Waals surface area contributed by atoms with Gasteiger partial charge in [-0.05, 0) is 25.0 Å². The van der Waals surface area contributed by atoms with Crippen LogP contribution in [0.4, 0.5) is 26.3 Å². The Hall–Kier alpha value is -2.24. The lowest BCUT2D eigenvalue weighted by molar-refractivity contribution is -0.154. The zero-order valence-electron chi connectivity index (χ0n) is 15.8. The Labute approximate surface area is 164 Å². The van der Waals surface area contributed by atoms with Gasteiger partial charge >= 0.3 is 12.4 Å². The molecule has 1 aliphatic heterocycles. The van der Waals surface area contributed by atoms with E-state index in [9.17, 15) is 26.3 Å². The van der Waals surface area contributed by atoms with Gasteiger partial charge in [0, 0.05) is 37.9 Å². The third-order valence-corrected chi connectivity index (χ3v) is 3.96. The van der Waals surface area contributed by atoms with Crippen molar-refractivity contribution in [3.8, 4) is 5.88 Å². The number of aliphatic imine (C=N–C) groups is 1. The average Bonchev–Trinajstić information content (AvgIpc) is 3.03. The highest BCUT2D eigenvalue weighted by Crippen LogP contribution is 2.20. The van der Waals surface area contributed by atoms with Gasteiger partial charge in [0.1, 0.15) is 0 Å². The molecule has 1 aromatic rings. The topological polar surface area (TPSA) is 61.8 Å². The Morgan fingerprint density at radius 1 is 1.28 bits per heavy atom. The van der Waals surface area contributed by atoms with E-state index in [0.717, 1.165) is 0 Å². The Kier molecular flexibility index (Phi) is 7.94. The molecule has 1 atom stereocenters. The molecule has 12 heteroatoms. The summed E-state index contributed by atoms with van der Waals surface area (Å²) < 4.78 is 78.8. The molecule has 2 N–H and O–H groups in total. The quantitative estimate of drug-likeness (QED) is 0.398. The van der Waals surface area contributed by atoms with Crippen molar-refractivity contribution in [2.75, 3.05) is 32.8 Å². The Bertz CT molecular complexity index is 679. The van der Waals surface area contributed by atoms with Gasteiger partial charge in [-0.15, -0.1) is 0 Å². The number of halogens is 6. The molecule has 2 heterocycles. The molecule has 6 nitrogen and oxygen atoms in total. The van der Waals surface area contributed by atoms with E-state index in [0.29, 0.717) is 31.0 Å². The first-order valence-electron chi connectivity index (χ1n) is 9.02. The standard InChI is InChI=1S/C17H23F6N5O/c1-2-24-15(27-13-4-6-28(9-13)10-16(18,19)20)26-8-12-3-5-25-14(7-12)29-11-17(21,22)23/h3,5,7,13H,2,4,6,8-11H2,1H3,(H2,24,26,27). The van der Waals surface area contributed by atoms with E-state index < -0.39 is 25.5 Å². The van der Waals surface area contributed by atoms with Crippen LogP contribution in [0, 0.1) is 0 Å². The molecule has 0 saturated carbocycles. The number of hydrogen-bond donors (Lipinski definition) is 2. The molecule has 0 amide bonds. The minimum Gasteiger partial charge on any atom is -0.468 e. The number of ether oxygens (including phenoxy) is 1. The summed E-state index contributed by atoms with van der Waals surface area (Å²) >= 11 is 0. The van der Waals surface area contributed by atoms with Gasteiger partial charge in [-0.2, -0.15) is 26.3 Å². The van der Waals surface area contributed by atoms with E-state index in [1.165, 1.54) is 17.2 Å². The highest BCUT2D eigenvalue weighted by molar-refractivity contribution is 5.80. The molecule has 0 bridgehead atoms. The summed E-state index contributed by atoms with van der Waals surface area (Å²) in [6, 6.07) is 2.77. The summed E-state index contributed by atoms with van der Waals surface area (Å²) in [5.41, 5.74) is 0.583. The number of alkyl halides is 6. The maximum Gasteiger partial charge on any atom is 0.422 e. The van der Waals surface area contributed by atoms with Crippen LogP contribution in [-0.2, 0) is 6.54 Å². The lowest BCUT2D eigenvalue weighted by Gasteiger charge is -2.19. The molecule has 1 unspecified atom stereocenters. The molecule has 0 aliphatic carbocycles. The average molecular weight is 427 g/mol. The van der Waals surface area contributed by atoms with Crippen LogP contribution in [0.25, 0.3) is 0 Å². The van der Waals surface area contributed by atoms with Crippen LogP contribution < -0.4 is 15.4 Å². The minimum absolute atomic E-state index is 0.138. The molecule has 164 valence electrons. The lowest BCUT2D eigenvalue weighted by Crippen LogP contribution is -2.45. The van der Waals surface area contributed by atoms with Crippen LogP contribution in [0.1, 0.15) is 18.9 Å². The van der Waals surface area contributed by atoms with Crippen molar-refractivity contribution < 1.29 is 31.1 Å². The third kappa shape index (κ3) is 9.20. The Morgan fingerprint density at radius 2 is 2.03 bits per heavy atom. The predicted molar refractivity (Wildman–Crippen MR) is 94.6 cm³/mol. The number of guanidine groups is 1. The highest BCUT2D eigenvalue weighted by Gasteiger charge is 2.34. The molecule has 0 aromatic carbocycles.